The van der Waals surface area contributed by atoms with Gasteiger partial charge in [0.25, 0.3) is 0 Å². The van der Waals surface area contributed by atoms with Crippen molar-refractivity contribution in [1.82, 2.24) is 10.3 Å². The second-order valence-electron chi connectivity index (χ2n) is 14.4. The van der Waals surface area contributed by atoms with Gasteiger partial charge in [0, 0.05) is 30.1 Å². The highest BCUT2D eigenvalue weighted by atomic mass is 16.3. The third kappa shape index (κ3) is 4.66. The Morgan fingerprint density at radius 3 is 2.74 bits per heavy atom. The summed E-state index contributed by atoms with van der Waals surface area (Å²) in [6.07, 6.45) is 12.8. The Balaban J connectivity index is 1.04. The lowest BCUT2D eigenvalue weighted by molar-refractivity contribution is -0.174. The number of nitrogens with one attached hydrogen (secondary N) is 2. The van der Waals surface area contributed by atoms with E-state index in [9.17, 15) is 15.0 Å². The highest BCUT2D eigenvalue weighted by Gasteiger charge is 2.63. The van der Waals surface area contributed by atoms with Gasteiger partial charge in [-0.1, -0.05) is 39.0 Å². The monoisotopic (exact) mass is 534 g/mol. The molecule has 6 rings (SSSR count). The van der Waals surface area contributed by atoms with Crippen molar-refractivity contribution in [1.29, 1.82) is 0 Å². The first-order valence-corrected chi connectivity index (χ1v) is 15.9. The van der Waals surface area contributed by atoms with Gasteiger partial charge < -0.3 is 20.5 Å². The van der Waals surface area contributed by atoms with Gasteiger partial charge in [-0.25, -0.2) is 0 Å². The van der Waals surface area contributed by atoms with Crippen molar-refractivity contribution < 1.29 is 15.0 Å². The molecule has 4 N–H and O–H groups in total. The highest BCUT2D eigenvalue weighted by Crippen LogP contribution is 2.68. The van der Waals surface area contributed by atoms with Gasteiger partial charge in [0.15, 0.2) is 0 Å². The molecule has 0 aliphatic heterocycles. The third-order valence-corrected chi connectivity index (χ3v) is 12.7. The zero-order valence-corrected chi connectivity index (χ0v) is 24.3. The van der Waals surface area contributed by atoms with Crippen molar-refractivity contribution in [3.8, 4) is 0 Å². The van der Waals surface area contributed by atoms with Crippen molar-refractivity contribution >= 4 is 16.8 Å². The zero-order valence-electron chi connectivity index (χ0n) is 24.3. The zero-order chi connectivity index (χ0) is 27.4. The van der Waals surface area contributed by atoms with Crippen molar-refractivity contribution in [3.05, 3.63) is 36.0 Å². The summed E-state index contributed by atoms with van der Waals surface area (Å²) < 4.78 is 0. The smallest absolute Gasteiger partial charge is 0.220 e. The van der Waals surface area contributed by atoms with Crippen LogP contribution >= 0.6 is 0 Å². The molecule has 214 valence electrons. The van der Waals surface area contributed by atoms with Crippen LogP contribution in [0.1, 0.15) is 90.5 Å². The summed E-state index contributed by atoms with van der Waals surface area (Å²) >= 11 is 0. The van der Waals surface area contributed by atoms with Crippen LogP contribution in [0.25, 0.3) is 10.9 Å². The van der Waals surface area contributed by atoms with E-state index in [1.165, 1.54) is 36.6 Å². The predicted octanol–water partition coefficient (Wildman–Crippen LogP) is 6.23. The molecule has 4 fully saturated rings. The number of carbonyl (C=O) groups excluding carboxylic acids is 1. The van der Waals surface area contributed by atoms with Crippen molar-refractivity contribution in [2.75, 3.05) is 6.54 Å². The number of hydrogen-bond donors (Lipinski definition) is 4. The maximum absolute atomic E-state index is 12.8. The van der Waals surface area contributed by atoms with Gasteiger partial charge in [0.05, 0.1) is 12.2 Å². The average Bonchev–Trinajstić information content (AvgIpc) is 3.50. The molecule has 1 amide bonds. The van der Waals surface area contributed by atoms with Gasteiger partial charge >= 0.3 is 0 Å². The molecule has 1 aromatic carbocycles. The summed E-state index contributed by atoms with van der Waals surface area (Å²) in [5.41, 5.74) is 2.64. The summed E-state index contributed by atoms with van der Waals surface area (Å²) in [7, 11) is 0. The number of aromatic nitrogens is 1. The second kappa shape index (κ2) is 10.5. The van der Waals surface area contributed by atoms with Gasteiger partial charge in [-0.15, -0.1) is 0 Å². The largest absolute Gasteiger partial charge is 0.393 e. The summed E-state index contributed by atoms with van der Waals surface area (Å²) in [4.78, 5) is 16.1. The first-order chi connectivity index (χ1) is 18.7. The van der Waals surface area contributed by atoms with E-state index in [4.69, 9.17) is 0 Å². The lowest BCUT2D eigenvalue weighted by Crippen LogP contribution is -2.58. The number of carbonyl (C=O) groups is 1. The first kappa shape index (κ1) is 27.3. The molecule has 0 unspecified atom stereocenters. The maximum Gasteiger partial charge on any atom is 0.220 e. The van der Waals surface area contributed by atoms with Gasteiger partial charge in [-0.2, -0.15) is 0 Å². The second-order valence-corrected chi connectivity index (χ2v) is 14.4. The summed E-state index contributed by atoms with van der Waals surface area (Å²) in [6, 6.07) is 8.32. The lowest BCUT2D eigenvalue weighted by Gasteiger charge is -2.62. The highest BCUT2D eigenvalue weighted by molar-refractivity contribution is 5.83. The Bertz CT molecular complexity index is 1180. The van der Waals surface area contributed by atoms with E-state index in [1.807, 2.05) is 6.07 Å². The van der Waals surface area contributed by atoms with Crippen molar-refractivity contribution in [2.45, 2.75) is 104 Å². The maximum atomic E-state index is 12.8. The number of hydrogen-bond acceptors (Lipinski definition) is 3. The van der Waals surface area contributed by atoms with E-state index in [0.29, 0.717) is 48.5 Å². The number of rotatable bonds is 7. The summed E-state index contributed by atoms with van der Waals surface area (Å²) in [5, 5.41) is 26.5. The van der Waals surface area contributed by atoms with Crippen LogP contribution in [0.2, 0.25) is 0 Å². The van der Waals surface area contributed by atoms with E-state index >= 15 is 0 Å². The minimum Gasteiger partial charge on any atom is -0.393 e. The number of para-hydroxylation sites is 1. The topological polar surface area (TPSA) is 85.4 Å². The van der Waals surface area contributed by atoms with Crippen LogP contribution in [0.15, 0.2) is 30.5 Å². The fourth-order valence-corrected chi connectivity index (χ4v) is 10.5. The molecule has 0 bridgehead atoms. The van der Waals surface area contributed by atoms with E-state index in [0.717, 1.165) is 44.0 Å². The number of amides is 1. The van der Waals surface area contributed by atoms with E-state index in [1.54, 1.807) is 0 Å². The molecule has 4 saturated carbocycles. The SMILES string of the molecule is C[C@H](CCC(=O)NCCc1c[nH]c2ccccc12)[C@H]1CC[C@H]2[C@@H]3CC[C@@H]4C[C@H](O)CC[C@]4(C)[C@H]3C[C@H](O)[C@]12C. The molecule has 0 spiro atoms. The number of aliphatic hydroxyl groups excluding tert-OH is 2. The summed E-state index contributed by atoms with van der Waals surface area (Å²) in [6.45, 7) is 7.88. The minimum atomic E-state index is -0.258. The first-order valence-electron chi connectivity index (χ1n) is 15.9. The fourth-order valence-electron chi connectivity index (χ4n) is 10.5. The number of aromatic amines is 1. The Morgan fingerprint density at radius 1 is 1.08 bits per heavy atom. The standard InChI is InChI=1S/C34H50N2O3/c1-21(8-13-32(39)35-17-15-22-20-36-30-7-5-4-6-25(22)30)27-11-12-28-26-10-9-23-18-24(37)14-16-33(23,2)29(26)19-31(38)34(27,28)3/h4-7,20-21,23-24,26-29,31,36-38H,8-19H2,1-3H3,(H,35,39)/t21-,23-,24-,26+,27-,28+,29+,31+,33+,34-/m1/s1. The Hall–Kier alpha value is -1.85. The van der Waals surface area contributed by atoms with Gasteiger partial charge in [-0.05, 0) is 122 Å². The third-order valence-electron chi connectivity index (χ3n) is 12.7. The molecular formula is C34H50N2O3. The van der Waals surface area contributed by atoms with Crippen LogP contribution in [-0.2, 0) is 11.2 Å². The molecule has 1 heterocycles. The molecule has 1 aromatic heterocycles. The summed E-state index contributed by atoms with van der Waals surface area (Å²) in [5.74, 6) is 3.57. The Labute approximate surface area is 234 Å². The van der Waals surface area contributed by atoms with E-state index in [-0.39, 0.29) is 28.9 Å². The van der Waals surface area contributed by atoms with Gasteiger partial charge in [-0.3, -0.25) is 4.79 Å². The Morgan fingerprint density at radius 2 is 1.90 bits per heavy atom. The van der Waals surface area contributed by atoms with Crippen LogP contribution < -0.4 is 5.32 Å². The van der Waals surface area contributed by atoms with Crippen LogP contribution in [0, 0.1) is 46.3 Å². The molecule has 2 aromatic rings. The molecule has 0 radical (unpaired) electrons. The molecule has 4 aliphatic rings. The van der Waals surface area contributed by atoms with Gasteiger partial charge in [0.1, 0.15) is 0 Å². The molecule has 39 heavy (non-hydrogen) atoms. The molecule has 5 nitrogen and oxygen atoms in total. The number of benzene rings is 1. The van der Waals surface area contributed by atoms with Crippen LogP contribution in [0.4, 0.5) is 0 Å². The van der Waals surface area contributed by atoms with Crippen molar-refractivity contribution in [3.63, 3.8) is 0 Å². The normalized spacial score (nSPS) is 40.5. The molecular weight excluding hydrogens is 484 g/mol. The average molecular weight is 535 g/mol. The lowest BCUT2D eigenvalue weighted by atomic mass is 9.43. The molecule has 4 aliphatic carbocycles. The van der Waals surface area contributed by atoms with Crippen molar-refractivity contribution in [2.24, 2.45) is 46.3 Å². The minimum absolute atomic E-state index is 0.0379. The van der Waals surface area contributed by atoms with E-state index < -0.39 is 0 Å². The van der Waals surface area contributed by atoms with Crippen LogP contribution in [0.3, 0.4) is 0 Å². The number of H-pyrrole nitrogens is 1. The van der Waals surface area contributed by atoms with E-state index in [2.05, 4.69) is 55.5 Å². The molecule has 10 atom stereocenters. The van der Waals surface area contributed by atoms with Crippen LogP contribution in [0.5, 0.6) is 0 Å². The van der Waals surface area contributed by atoms with Crippen LogP contribution in [-0.4, -0.2) is 39.9 Å². The molecule has 5 heteroatoms. The molecule has 0 saturated heterocycles. The number of aliphatic hydroxyl groups is 2. The quantitative estimate of drug-likeness (QED) is 0.340. The predicted molar refractivity (Wildman–Crippen MR) is 156 cm³/mol. The number of fused-ring (bicyclic) bond motifs is 6. The Kier molecular flexibility index (Phi) is 7.37. The fraction of sp³-hybridized carbons (Fsp3) is 0.735. The van der Waals surface area contributed by atoms with Gasteiger partial charge in [0.2, 0.25) is 5.91 Å².